The van der Waals surface area contributed by atoms with E-state index in [0.29, 0.717) is 24.2 Å². The van der Waals surface area contributed by atoms with Gasteiger partial charge in [-0.1, -0.05) is 76.6 Å². The maximum Gasteiger partial charge on any atom is 0.528 e. The molecule has 0 bridgehead atoms. The quantitative estimate of drug-likeness (QED) is 0.0370. The molecule has 1 aliphatic heterocycles. The van der Waals surface area contributed by atoms with Gasteiger partial charge in [-0.15, -0.1) is 5.06 Å². The molecular weight excluding hydrogens is 1050 g/mol. The van der Waals surface area contributed by atoms with Crippen molar-refractivity contribution in [2.24, 2.45) is 23.3 Å². The number of ether oxygens (including phenoxy) is 1. The van der Waals surface area contributed by atoms with Gasteiger partial charge in [0.15, 0.2) is 0 Å². The van der Waals surface area contributed by atoms with E-state index in [2.05, 4.69) is 31.9 Å². The molecule has 9 amide bonds. The number of rotatable bonds is 31. The Morgan fingerprint density at radius 3 is 1.97 bits per heavy atom. The largest absolute Gasteiger partial charge is 0.528 e. The number of nitrogens with two attached hydrogens (primary N) is 2. The fraction of sp³-hybridized carbons (Fsp3) is 0.566. The summed E-state index contributed by atoms with van der Waals surface area (Å²) in [6.45, 7) is 11.2. The van der Waals surface area contributed by atoms with Crippen LogP contribution in [-0.2, 0) is 69.7 Å². The summed E-state index contributed by atoms with van der Waals surface area (Å²) in [4.78, 5) is 154. The first-order valence-corrected chi connectivity index (χ1v) is 27.2. The maximum absolute atomic E-state index is 14.6. The molecule has 0 aromatic heterocycles. The molecule has 3 rings (SSSR count). The number of thioether (sulfide) groups is 1. The van der Waals surface area contributed by atoms with Crippen LogP contribution < -0.4 is 43.4 Å². The van der Waals surface area contributed by atoms with Crippen molar-refractivity contribution in [3.63, 3.8) is 0 Å². The van der Waals surface area contributed by atoms with Gasteiger partial charge in [-0.3, -0.25) is 47.9 Å². The third kappa shape index (κ3) is 23.2. The minimum Gasteiger partial charge on any atom is -0.508 e. The molecule has 79 heavy (non-hydrogen) atoms. The lowest BCUT2D eigenvalue weighted by atomic mass is 9.96. The van der Waals surface area contributed by atoms with Gasteiger partial charge in [-0.25, -0.2) is 4.79 Å². The molecule has 0 spiro atoms. The van der Waals surface area contributed by atoms with Crippen molar-refractivity contribution in [2.75, 3.05) is 25.9 Å². The number of carboxylic acid groups (broad SMARTS) is 1. The van der Waals surface area contributed by atoms with Crippen LogP contribution in [0.1, 0.15) is 105 Å². The third-order valence-electron chi connectivity index (χ3n) is 12.5. The molecule has 0 unspecified atom stereocenters. The highest BCUT2D eigenvalue weighted by Gasteiger charge is 2.41. The zero-order valence-corrected chi connectivity index (χ0v) is 46.9. The number of aliphatic carboxylic acids is 1. The Balaban J connectivity index is 1.94. The van der Waals surface area contributed by atoms with Gasteiger partial charge in [0.1, 0.15) is 60.2 Å². The molecule has 26 heteroatoms. The summed E-state index contributed by atoms with van der Waals surface area (Å²) in [6.07, 6.45) is -1.92. The number of amides is 9. The number of carbonyl (C=O) groups excluding carboxylic acids is 10. The lowest BCUT2D eigenvalue weighted by Gasteiger charge is -2.31. The fourth-order valence-electron chi connectivity index (χ4n) is 8.22. The number of hydroxylamine groups is 2. The topological polar surface area (TPSA) is 377 Å². The minimum atomic E-state index is -1.78. The van der Waals surface area contributed by atoms with E-state index in [1.54, 1.807) is 60.6 Å². The molecule has 12 N–H and O–H groups in total. The van der Waals surface area contributed by atoms with E-state index in [-0.39, 0.29) is 43.2 Å². The highest BCUT2D eigenvalue weighted by Crippen LogP contribution is 2.23. The fourth-order valence-corrected chi connectivity index (χ4v) is 9.23. The van der Waals surface area contributed by atoms with Crippen molar-refractivity contribution >= 4 is 77.1 Å². The van der Waals surface area contributed by atoms with Crippen molar-refractivity contribution in [1.82, 2.24) is 41.9 Å². The summed E-state index contributed by atoms with van der Waals surface area (Å²) in [6, 6.07) is 5.33. The van der Waals surface area contributed by atoms with Gasteiger partial charge in [-0.05, 0) is 81.5 Å². The van der Waals surface area contributed by atoms with E-state index < -0.39 is 145 Å². The summed E-state index contributed by atoms with van der Waals surface area (Å²) in [5.41, 5.74) is 11.5. The highest BCUT2D eigenvalue weighted by atomic mass is 32.2. The predicted octanol–water partition coefficient (Wildman–Crippen LogP) is 0.884. The molecule has 0 saturated carbocycles. The second kappa shape index (κ2) is 31.8. The van der Waals surface area contributed by atoms with Crippen LogP contribution in [0.15, 0.2) is 54.6 Å². The number of likely N-dealkylation sites (tertiary alicyclic amines) is 1. The first-order valence-electron chi connectivity index (χ1n) is 26.0. The summed E-state index contributed by atoms with van der Waals surface area (Å²) in [5.74, 6) is -9.65. The number of hydrogen-bond donors (Lipinski definition) is 10. The van der Waals surface area contributed by atoms with Crippen molar-refractivity contribution in [1.29, 1.82) is 0 Å². The number of phenols is 1. The smallest absolute Gasteiger partial charge is 0.508 e. The lowest BCUT2D eigenvalue weighted by molar-refractivity contribution is -0.164. The van der Waals surface area contributed by atoms with Gasteiger partial charge >= 0.3 is 12.1 Å². The monoisotopic (exact) mass is 1130 g/mol. The Bertz CT molecular complexity index is 2440. The number of carbonyl (C=O) groups is 11. The Morgan fingerprint density at radius 1 is 0.772 bits per heavy atom. The molecule has 2 aromatic rings. The van der Waals surface area contributed by atoms with E-state index in [1.807, 2.05) is 30.3 Å². The van der Waals surface area contributed by atoms with Crippen LogP contribution in [0.3, 0.4) is 0 Å². The van der Waals surface area contributed by atoms with Gasteiger partial charge in [0.25, 0.3) is 0 Å². The lowest BCUT2D eigenvalue weighted by Crippen LogP contribution is -2.61. The number of nitrogens with zero attached hydrogens (tertiary/aromatic N) is 2. The van der Waals surface area contributed by atoms with E-state index in [1.165, 1.54) is 35.8 Å². The first-order chi connectivity index (χ1) is 37.1. The number of primary amides is 2. The maximum atomic E-state index is 14.6. The van der Waals surface area contributed by atoms with Gasteiger partial charge in [-0.2, -0.15) is 11.8 Å². The Hall–Kier alpha value is -7.48. The number of benzene rings is 2. The molecule has 25 nitrogen and oxygen atoms in total. The normalized spacial score (nSPS) is 15.9. The van der Waals surface area contributed by atoms with Crippen molar-refractivity contribution in [3.05, 3.63) is 65.7 Å². The minimum absolute atomic E-state index is 0.0465. The van der Waals surface area contributed by atoms with Crippen molar-refractivity contribution < 1.29 is 72.5 Å². The Morgan fingerprint density at radius 2 is 1.39 bits per heavy atom. The van der Waals surface area contributed by atoms with Gasteiger partial charge < -0.3 is 68.1 Å². The molecule has 8 atom stereocenters. The summed E-state index contributed by atoms with van der Waals surface area (Å²) in [7, 11) is 1.31. The van der Waals surface area contributed by atoms with Crippen LogP contribution in [0.25, 0.3) is 0 Å². The predicted molar refractivity (Wildman–Crippen MR) is 289 cm³/mol. The van der Waals surface area contributed by atoms with Crippen LogP contribution >= 0.6 is 11.8 Å². The highest BCUT2D eigenvalue weighted by molar-refractivity contribution is 7.98. The van der Waals surface area contributed by atoms with Crippen molar-refractivity contribution in [3.8, 4) is 5.75 Å². The molecule has 0 aliphatic carbocycles. The third-order valence-corrected chi connectivity index (χ3v) is 13.6. The number of aromatic hydroxyl groups is 1. The standard InChI is InChI=1S/C53H78N10O15S/c1-9-31(4)44(61-49(73)40(25-32-17-19-34(64)20-18-32)62(8)78-52(76)77-53(5,6)7)50(74)57-35(21-22-41(54)65)46(70)58-37(26-42(55)66)47(71)60-38(29-79-28-33-14-11-10-12-15-33)51(75)63-23-13-16-39(63)48(72)59-36(24-30(2)3)45(69)56-27-43(67)68/h10-12,14-15,17-20,30-31,35-40,44,64H,9,13,16,21-29H2,1-8H3,(H2,54,65)(H2,55,66)(H,56,69)(H,57,74)(H,58,70)(H,59,72)(H,60,71)(H,61,73)(H,67,68)/t31-,35-,36-,37-,38-,39-,40-,44-/m0/s1. The molecule has 1 aliphatic rings. The summed E-state index contributed by atoms with van der Waals surface area (Å²) in [5, 5.41) is 35.2. The average Bonchev–Trinajstić information content (AvgIpc) is 3.87. The number of carboxylic acids is 1. The Kier molecular flexibility index (Phi) is 26.5. The second-order valence-electron chi connectivity index (χ2n) is 20.7. The molecule has 0 radical (unpaired) electrons. The average molecular weight is 1130 g/mol. The number of hydrogen-bond acceptors (Lipinski definition) is 16. The summed E-state index contributed by atoms with van der Waals surface area (Å²) >= 11 is 1.26. The van der Waals surface area contributed by atoms with Crippen LogP contribution in [0.4, 0.5) is 4.79 Å². The van der Waals surface area contributed by atoms with Crippen LogP contribution in [0.5, 0.6) is 5.75 Å². The van der Waals surface area contributed by atoms with E-state index >= 15 is 0 Å². The van der Waals surface area contributed by atoms with Gasteiger partial charge in [0.2, 0.25) is 53.2 Å². The van der Waals surface area contributed by atoms with Gasteiger partial charge in [0.05, 0.1) is 6.42 Å². The van der Waals surface area contributed by atoms with E-state index in [0.717, 1.165) is 10.6 Å². The van der Waals surface area contributed by atoms with Crippen molar-refractivity contribution in [2.45, 2.75) is 153 Å². The number of likely N-dealkylation sites (N-methyl/N-ethyl adjacent to an activating group) is 1. The number of nitrogens with one attached hydrogen (secondary N) is 6. The van der Waals surface area contributed by atoms with E-state index in [4.69, 9.17) is 26.1 Å². The molecule has 436 valence electrons. The summed E-state index contributed by atoms with van der Waals surface area (Å²) < 4.78 is 5.27. The second-order valence-corrected chi connectivity index (χ2v) is 21.7. The van der Waals surface area contributed by atoms with Crippen LogP contribution in [0, 0.1) is 11.8 Å². The molecule has 1 fully saturated rings. The zero-order chi connectivity index (χ0) is 59.1. The van der Waals surface area contributed by atoms with E-state index in [9.17, 15) is 57.8 Å². The van der Waals surface area contributed by atoms with Crippen LogP contribution in [-0.4, -0.2) is 159 Å². The molecule has 1 saturated heterocycles. The number of phenolic OH excluding ortho intramolecular Hbond substituents is 1. The molecule has 2 aromatic carbocycles. The Labute approximate surface area is 464 Å². The molecule has 1 heterocycles. The van der Waals surface area contributed by atoms with Crippen LogP contribution in [0.2, 0.25) is 0 Å². The van der Waals surface area contributed by atoms with Gasteiger partial charge in [0, 0.05) is 37.9 Å². The molecular formula is C53H78N10O15S. The SMILES string of the molecule is CC[C@H](C)[C@H](NC(=O)[C@H](Cc1ccc(O)cc1)N(C)OC(=O)OC(C)(C)C)C(=O)N[C@@H](CCC(N)=O)C(=O)N[C@@H](CC(N)=O)C(=O)N[C@@H](CSCc1ccccc1)C(=O)N1CCC[C@H]1C(=O)N[C@@H](CC(C)C)C(=O)NCC(=O)O. The first kappa shape index (κ1) is 65.8. The zero-order valence-electron chi connectivity index (χ0n) is 46.0.